The van der Waals surface area contributed by atoms with Crippen LogP contribution in [0.2, 0.25) is 0 Å². The Morgan fingerprint density at radius 1 is 1.39 bits per heavy atom. The van der Waals surface area contributed by atoms with Crippen molar-refractivity contribution in [2.45, 2.75) is 44.9 Å². The molecule has 1 fully saturated rings. The van der Waals surface area contributed by atoms with Crippen LogP contribution in [0.15, 0.2) is 0 Å². The highest BCUT2D eigenvalue weighted by molar-refractivity contribution is 5.74. The Morgan fingerprint density at radius 3 is 2.39 bits per heavy atom. The van der Waals surface area contributed by atoms with E-state index in [1.807, 2.05) is 0 Å². The molecule has 0 aromatic carbocycles. The summed E-state index contributed by atoms with van der Waals surface area (Å²) in [6.07, 6.45) is -3.49. The molecule has 7 heteroatoms. The Labute approximate surface area is 104 Å². The van der Waals surface area contributed by atoms with Crippen molar-refractivity contribution in [3.05, 3.63) is 0 Å². The molecule has 0 radical (unpaired) electrons. The number of rotatable bonds is 3. The lowest BCUT2D eigenvalue weighted by molar-refractivity contribution is -0.146. The fourth-order valence-electron chi connectivity index (χ4n) is 1.89. The average Bonchev–Trinajstić information content (AvgIpc) is 2.25. The maximum atomic E-state index is 12.5. The van der Waals surface area contributed by atoms with Crippen molar-refractivity contribution in [1.82, 2.24) is 10.2 Å². The molecule has 0 aromatic rings. The molecule has 1 aliphatic heterocycles. The summed E-state index contributed by atoms with van der Waals surface area (Å²) < 4.78 is 42.6. The first-order valence-electron chi connectivity index (χ1n) is 6.01. The van der Waals surface area contributed by atoms with E-state index >= 15 is 0 Å². The number of carbonyl (C=O) groups excluding carboxylic acids is 1. The molecule has 1 rings (SSSR count). The highest BCUT2D eigenvalue weighted by Crippen LogP contribution is 2.22. The molecule has 1 saturated heterocycles. The summed E-state index contributed by atoms with van der Waals surface area (Å²) in [5, 5.41) is 2.51. The summed E-state index contributed by atoms with van der Waals surface area (Å²) >= 11 is 0. The second-order valence-electron chi connectivity index (χ2n) is 4.69. The maximum absolute atomic E-state index is 12.5. The van der Waals surface area contributed by atoms with E-state index in [1.54, 1.807) is 13.8 Å². The lowest BCUT2D eigenvalue weighted by Crippen LogP contribution is -2.52. The zero-order chi connectivity index (χ0) is 13.8. The molecule has 106 valence electrons. The van der Waals surface area contributed by atoms with Gasteiger partial charge in [0.05, 0.1) is 0 Å². The van der Waals surface area contributed by atoms with Crippen LogP contribution in [0.5, 0.6) is 0 Å². The largest absolute Gasteiger partial charge is 0.406 e. The lowest BCUT2D eigenvalue weighted by atomic mass is 10.1. The monoisotopic (exact) mass is 268 g/mol. The molecular weight excluding hydrogens is 249 g/mol. The number of nitrogens with one attached hydrogen (secondary N) is 1. The smallest absolute Gasteiger partial charge is 0.381 e. The third-order valence-electron chi connectivity index (χ3n) is 2.65. The topological polar surface area (TPSA) is 41.6 Å². The summed E-state index contributed by atoms with van der Waals surface area (Å²) in [6.45, 7) is 3.01. The number of alkyl halides is 3. The number of nitrogens with zero attached hydrogens (tertiary/aromatic N) is 1. The van der Waals surface area contributed by atoms with Gasteiger partial charge < -0.3 is 15.0 Å². The van der Waals surface area contributed by atoms with Gasteiger partial charge in [-0.25, -0.2) is 4.79 Å². The molecule has 0 saturated carbocycles. The van der Waals surface area contributed by atoms with Crippen molar-refractivity contribution in [3.8, 4) is 0 Å². The van der Waals surface area contributed by atoms with E-state index < -0.39 is 24.8 Å². The minimum atomic E-state index is -4.38. The molecule has 0 spiro atoms. The molecule has 0 aliphatic carbocycles. The zero-order valence-corrected chi connectivity index (χ0v) is 10.6. The molecule has 2 amide bonds. The van der Waals surface area contributed by atoms with Crippen LogP contribution in [0, 0.1) is 0 Å². The van der Waals surface area contributed by atoms with Crippen LogP contribution < -0.4 is 5.32 Å². The predicted octanol–water partition coefficient (Wildman–Crippen LogP) is 2.15. The van der Waals surface area contributed by atoms with E-state index in [0.29, 0.717) is 26.1 Å². The summed E-state index contributed by atoms with van der Waals surface area (Å²) in [4.78, 5) is 12.7. The van der Waals surface area contributed by atoms with E-state index in [1.165, 1.54) is 0 Å². The van der Waals surface area contributed by atoms with Crippen molar-refractivity contribution in [2.24, 2.45) is 0 Å². The fraction of sp³-hybridized carbons (Fsp3) is 0.909. The minimum absolute atomic E-state index is 0.187. The SMILES string of the molecule is CC(C)NC(=O)N(CC(F)(F)F)C1CCOCC1. The van der Waals surface area contributed by atoms with E-state index in [-0.39, 0.29) is 6.04 Å². The van der Waals surface area contributed by atoms with Gasteiger partial charge in [0.2, 0.25) is 0 Å². The van der Waals surface area contributed by atoms with E-state index in [9.17, 15) is 18.0 Å². The summed E-state index contributed by atoms with van der Waals surface area (Å²) in [5.74, 6) is 0. The number of halogens is 3. The van der Waals surface area contributed by atoms with Crippen molar-refractivity contribution in [1.29, 1.82) is 0 Å². The lowest BCUT2D eigenvalue weighted by Gasteiger charge is -2.35. The van der Waals surface area contributed by atoms with Crippen LogP contribution >= 0.6 is 0 Å². The first kappa shape index (κ1) is 15.1. The number of hydrogen-bond acceptors (Lipinski definition) is 2. The van der Waals surface area contributed by atoms with Crippen LogP contribution in [0.4, 0.5) is 18.0 Å². The number of ether oxygens (including phenoxy) is 1. The Morgan fingerprint density at radius 2 is 1.94 bits per heavy atom. The molecule has 0 aromatic heterocycles. The normalized spacial score (nSPS) is 17.9. The molecule has 18 heavy (non-hydrogen) atoms. The van der Waals surface area contributed by atoms with Crippen LogP contribution in [0.25, 0.3) is 0 Å². The van der Waals surface area contributed by atoms with E-state index in [2.05, 4.69) is 5.32 Å². The van der Waals surface area contributed by atoms with Gasteiger partial charge in [-0.15, -0.1) is 0 Å². The van der Waals surface area contributed by atoms with Crippen LogP contribution in [-0.2, 0) is 4.74 Å². The van der Waals surface area contributed by atoms with Gasteiger partial charge in [-0.2, -0.15) is 13.2 Å². The van der Waals surface area contributed by atoms with E-state index in [4.69, 9.17) is 4.74 Å². The van der Waals surface area contributed by atoms with Gasteiger partial charge in [0, 0.05) is 25.3 Å². The first-order chi connectivity index (χ1) is 8.29. The molecule has 4 nitrogen and oxygen atoms in total. The van der Waals surface area contributed by atoms with E-state index in [0.717, 1.165) is 4.90 Å². The quantitative estimate of drug-likeness (QED) is 0.852. The Bertz CT molecular complexity index is 276. The molecular formula is C11H19F3N2O2. The molecule has 1 N–H and O–H groups in total. The minimum Gasteiger partial charge on any atom is -0.381 e. The molecule has 0 atom stereocenters. The molecule has 0 bridgehead atoms. The van der Waals surface area contributed by atoms with Crippen LogP contribution in [0.1, 0.15) is 26.7 Å². The standard InChI is InChI=1S/C11H19F3N2O2/c1-8(2)15-10(17)16(7-11(12,13)14)9-3-5-18-6-4-9/h8-9H,3-7H2,1-2H3,(H,15,17). The van der Waals surface area contributed by atoms with Crippen molar-refractivity contribution in [2.75, 3.05) is 19.8 Å². The van der Waals surface area contributed by atoms with Crippen LogP contribution in [-0.4, -0.2) is 48.9 Å². The first-order valence-corrected chi connectivity index (χ1v) is 6.01. The highest BCUT2D eigenvalue weighted by atomic mass is 19.4. The predicted molar refractivity (Wildman–Crippen MR) is 60.3 cm³/mol. The zero-order valence-electron chi connectivity index (χ0n) is 10.6. The summed E-state index contributed by atoms with van der Waals surface area (Å²) in [5.41, 5.74) is 0. The number of urea groups is 1. The van der Waals surface area contributed by atoms with Gasteiger partial charge in [0.15, 0.2) is 0 Å². The average molecular weight is 268 g/mol. The highest BCUT2D eigenvalue weighted by Gasteiger charge is 2.37. The molecule has 0 unspecified atom stereocenters. The summed E-state index contributed by atoms with van der Waals surface area (Å²) in [7, 11) is 0. The second-order valence-corrected chi connectivity index (χ2v) is 4.69. The number of carbonyl (C=O) groups is 1. The second kappa shape index (κ2) is 6.26. The van der Waals surface area contributed by atoms with Gasteiger partial charge >= 0.3 is 12.2 Å². The maximum Gasteiger partial charge on any atom is 0.406 e. The van der Waals surface area contributed by atoms with Gasteiger partial charge in [0.25, 0.3) is 0 Å². The van der Waals surface area contributed by atoms with Crippen molar-refractivity contribution < 1.29 is 22.7 Å². The van der Waals surface area contributed by atoms with Crippen LogP contribution in [0.3, 0.4) is 0 Å². The Hall–Kier alpha value is -0.980. The number of amides is 2. The third kappa shape index (κ3) is 5.12. The number of hydrogen-bond donors (Lipinski definition) is 1. The third-order valence-corrected chi connectivity index (χ3v) is 2.65. The van der Waals surface area contributed by atoms with Gasteiger partial charge in [-0.1, -0.05) is 0 Å². The Balaban J connectivity index is 2.70. The van der Waals surface area contributed by atoms with Crippen molar-refractivity contribution >= 4 is 6.03 Å². The van der Waals surface area contributed by atoms with Gasteiger partial charge in [-0.05, 0) is 26.7 Å². The van der Waals surface area contributed by atoms with Gasteiger partial charge in [-0.3, -0.25) is 0 Å². The van der Waals surface area contributed by atoms with Gasteiger partial charge in [0.1, 0.15) is 6.54 Å². The molecule has 1 aliphatic rings. The molecule has 1 heterocycles. The fourth-order valence-corrected chi connectivity index (χ4v) is 1.89. The van der Waals surface area contributed by atoms with Crippen molar-refractivity contribution in [3.63, 3.8) is 0 Å². The summed E-state index contributed by atoms with van der Waals surface area (Å²) in [6, 6.07) is -1.25. The Kier molecular flexibility index (Phi) is 5.25.